The van der Waals surface area contributed by atoms with E-state index in [4.69, 9.17) is 11.6 Å². The van der Waals surface area contributed by atoms with Crippen LogP contribution in [-0.2, 0) is 16.6 Å². The molecule has 3 heterocycles. The summed E-state index contributed by atoms with van der Waals surface area (Å²) >= 11 is 6.76. The first-order valence-electron chi connectivity index (χ1n) is 7.71. The number of alkyl halides is 1. The smallest absolute Gasteiger partial charge is 0.275 e. The second-order valence-electron chi connectivity index (χ2n) is 6.15. The fourth-order valence-electron chi connectivity index (χ4n) is 2.77. The van der Waals surface area contributed by atoms with Gasteiger partial charge >= 0.3 is 0 Å². The summed E-state index contributed by atoms with van der Waals surface area (Å²) in [5.41, 5.74) is 0.143. The zero-order chi connectivity index (χ0) is 19.1. The second kappa shape index (κ2) is 7.22. The maximum Gasteiger partial charge on any atom is 0.275 e. The van der Waals surface area contributed by atoms with Crippen LogP contribution in [0.15, 0.2) is 22.5 Å². The molecular formula is C14H17ClFN5O3S2. The molecule has 142 valence electrons. The molecule has 2 unspecified atom stereocenters. The number of carbonyl (C=O) groups excluding carboxylic acids is 1. The highest BCUT2D eigenvalue weighted by atomic mass is 35.5. The first-order chi connectivity index (χ1) is 12.2. The molecule has 2 aromatic heterocycles. The summed E-state index contributed by atoms with van der Waals surface area (Å²) in [6.45, 7) is -0.118. The predicted octanol–water partition coefficient (Wildman–Crippen LogP) is 1.50. The van der Waals surface area contributed by atoms with Gasteiger partial charge in [0.2, 0.25) is 0 Å². The van der Waals surface area contributed by atoms with E-state index in [1.165, 1.54) is 27.9 Å². The number of sulfonamides is 1. The molecule has 0 saturated carbocycles. The van der Waals surface area contributed by atoms with E-state index in [9.17, 15) is 17.6 Å². The van der Waals surface area contributed by atoms with E-state index in [-0.39, 0.29) is 35.3 Å². The van der Waals surface area contributed by atoms with Crippen LogP contribution in [-0.4, -0.2) is 71.4 Å². The van der Waals surface area contributed by atoms with Crippen molar-refractivity contribution < 1.29 is 17.6 Å². The summed E-state index contributed by atoms with van der Waals surface area (Å²) in [4.78, 5) is 13.3. The number of aromatic nitrogens is 3. The lowest BCUT2D eigenvalue weighted by Crippen LogP contribution is -2.38. The van der Waals surface area contributed by atoms with Gasteiger partial charge in [-0.05, 0) is 18.6 Å². The van der Waals surface area contributed by atoms with Crippen LogP contribution in [0.5, 0.6) is 0 Å². The molecule has 0 aliphatic carbocycles. The van der Waals surface area contributed by atoms with Crippen LogP contribution >= 0.6 is 22.9 Å². The molecule has 12 heteroatoms. The summed E-state index contributed by atoms with van der Waals surface area (Å²) in [5, 5.41) is 7.65. The van der Waals surface area contributed by atoms with Crippen molar-refractivity contribution in [2.75, 3.05) is 20.6 Å². The third-order valence-electron chi connectivity index (χ3n) is 3.99. The second-order valence-corrected chi connectivity index (χ2v) is 9.98. The summed E-state index contributed by atoms with van der Waals surface area (Å²) in [5.74, 6) is -0.316. The average molecular weight is 422 g/mol. The van der Waals surface area contributed by atoms with Crippen LogP contribution in [0.3, 0.4) is 0 Å². The minimum atomic E-state index is -3.85. The van der Waals surface area contributed by atoms with Crippen molar-refractivity contribution in [1.29, 1.82) is 0 Å². The number of hydrogen-bond donors (Lipinski definition) is 0. The number of carbonyl (C=O) groups is 1. The van der Waals surface area contributed by atoms with Crippen LogP contribution in [0.25, 0.3) is 0 Å². The van der Waals surface area contributed by atoms with Gasteiger partial charge in [-0.3, -0.25) is 9.48 Å². The molecular weight excluding hydrogens is 405 g/mol. The lowest BCUT2D eigenvalue weighted by molar-refractivity contribution is 0.0822. The Balaban J connectivity index is 1.81. The first kappa shape index (κ1) is 19.2. The number of nitrogens with zero attached hydrogens (tertiary/aromatic N) is 5. The fourth-order valence-corrected chi connectivity index (χ4v) is 6.04. The quantitative estimate of drug-likeness (QED) is 0.729. The molecule has 1 aliphatic heterocycles. The number of amides is 1. The van der Waals surface area contributed by atoms with E-state index in [0.717, 1.165) is 15.6 Å². The maximum absolute atomic E-state index is 14.0. The Bertz CT molecular complexity index is 913. The van der Waals surface area contributed by atoms with Gasteiger partial charge in [-0.25, -0.2) is 12.8 Å². The molecule has 1 aliphatic rings. The first-order valence-corrected chi connectivity index (χ1v) is 10.3. The van der Waals surface area contributed by atoms with Gasteiger partial charge < -0.3 is 4.90 Å². The summed E-state index contributed by atoms with van der Waals surface area (Å²) in [6, 6.07) is 2.28. The van der Waals surface area contributed by atoms with E-state index in [1.54, 1.807) is 14.1 Å². The van der Waals surface area contributed by atoms with Gasteiger partial charge in [-0.2, -0.15) is 4.31 Å². The van der Waals surface area contributed by atoms with Gasteiger partial charge in [0.1, 0.15) is 10.4 Å². The molecule has 0 aromatic carbocycles. The largest absolute Gasteiger partial charge is 0.343 e. The topological polar surface area (TPSA) is 88.4 Å². The Kier molecular flexibility index (Phi) is 5.33. The number of halogens is 2. The number of thiophene rings is 1. The van der Waals surface area contributed by atoms with Gasteiger partial charge in [-0.1, -0.05) is 16.8 Å². The highest BCUT2D eigenvalue weighted by Crippen LogP contribution is 2.33. The maximum atomic E-state index is 14.0. The number of hydrogen-bond acceptors (Lipinski definition) is 6. The van der Waals surface area contributed by atoms with Crippen molar-refractivity contribution in [2.24, 2.45) is 0 Å². The molecule has 0 radical (unpaired) electrons. The molecule has 2 atom stereocenters. The van der Waals surface area contributed by atoms with Crippen LogP contribution in [0.2, 0.25) is 4.34 Å². The third kappa shape index (κ3) is 3.75. The van der Waals surface area contributed by atoms with E-state index in [1.807, 2.05) is 0 Å². The van der Waals surface area contributed by atoms with Crippen LogP contribution in [0.4, 0.5) is 4.39 Å². The van der Waals surface area contributed by atoms with Crippen molar-refractivity contribution in [3.05, 3.63) is 28.4 Å². The Morgan fingerprint density at radius 2 is 2.19 bits per heavy atom. The molecule has 0 bridgehead atoms. The Morgan fingerprint density at radius 3 is 2.81 bits per heavy atom. The van der Waals surface area contributed by atoms with Crippen molar-refractivity contribution in [2.45, 2.75) is 29.4 Å². The zero-order valence-electron chi connectivity index (χ0n) is 14.0. The van der Waals surface area contributed by atoms with Gasteiger partial charge in [0, 0.05) is 26.7 Å². The van der Waals surface area contributed by atoms with E-state index in [0.29, 0.717) is 4.34 Å². The van der Waals surface area contributed by atoms with Crippen molar-refractivity contribution in [1.82, 2.24) is 24.2 Å². The summed E-state index contributed by atoms with van der Waals surface area (Å²) in [7, 11) is -0.673. The Labute approximate surface area is 159 Å². The van der Waals surface area contributed by atoms with Crippen molar-refractivity contribution in [3.8, 4) is 0 Å². The van der Waals surface area contributed by atoms with Gasteiger partial charge in [0.15, 0.2) is 5.69 Å². The van der Waals surface area contributed by atoms with Crippen molar-refractivity contribution >= 4 is 38.9 Å². The minimum absolute atomic E-state index is 0.0508. The average Bonchev–Trinajstić information content (AvgIpc) is 3.27. The molecule has 1 fully saturated rings. The molecule has 26 heavy (non-hydrogen) atoms. The van der Waals surface area contributed by atoms with Gasteiger partial charge in [-0.15, -0.1) is 16.4 Å². The molecule has 2 aromatic rings. The third-order valence-corrected chi connectivity index (χ3v) is 7.60. The monoisotopic (exact) mass is 421 g/mol. The summed E-state index contributed by atoms with van der Waals surface area (Å²) < 4.78 is 42.5. The number of rotatable bonds is 5. The van der Waals surface area contributed by atoms with Crippen LogP contribution in [0.1, 0.15) is 16.9 Å². The zero-order valence-corrected chi connectivity index (χ0v) is 16.4. The Hall–Kier alpha value is -1.56. The minimum Gasteiger partial charge on any atom is -0.343 e. The fraction of sp³-hybridized carbons (Fsp3) is 0.500. The van der Waals surface area contributed by atoms with E-state index >= 15 is 0 Å². The molecule has 1 saturated heterocycles. The normalized spacial score (nSPS) is 21.2. The van der Waals surface area contributed by atoms with Crippen molar-refractivity contribution in [3.63, 3.8) is 0 Å². The molecule has 1 amide bonds. The summed E-state index contributed by atoms with van der Waals surface area (Å²) in [6.07, 6.45) is 0.215. The molecule has 0 N–H and O–H groups in total. The standard InChI is InChI=1S/C14H17ClFN5O3S2/c1-19(2)14(22)11-8-20(18-17-11)7-10-5-9(16)6-21(10)26(23,24)13-4-3-12(15)25-13/h3-4,8-10H,5-7H2,1-2H3. The van der Waals surface area contributed by atoms with Crippen LogP contribution < -0.4 is 0 Å². The van der Waals surface area contributed by atoms with Gasteiger partial charge in [0.25, 0.3) is 15.9 Å². The van der Waals surface area contributed by atoms with E-state index < -0.39 is 22.2 Å². The molecule has 0 spiro atoms. The molecule has 3 rings (SSSR count). The lowest BCUT2D eigenvalue weighted by Gasteiger charge is -2.22. The highest BCUT2D eigenvalue weighted by molar-refractivity contribution is 7.91. The van der Waals surface area contributed by atoms with Gasteiger partial charge in [0.05, 0.1) is 17.1 Å². The SMILES string of the molecule is CN(C)C(=O)c1cn(CC2CC(F)CN2S(=O)(=O)c2ccc(Cl)s2)nn1. The highest BCUT2D eigenvalue weighted by Gasteiger charge is 2.41. The van der Waals surface area contributed by atoms with Crippen LogP contribution in [0, 0.1) is 0 Å². The Morgan fingerprint density at radius 1 is 1.46 bits per heavy atom. The predicted molar refractivity (Wildman–Crippen MR) is 94.6 cm³/mol. The lowest BCUT2D eigenvalue weighted by atomic mass is 10.2. The van der Waals surface area contributed by atoms with E-state index in [2.05, 4.69) is 10.3 Å². The molecule has 8 nitrogen and oxygen atoms in total.